The molecule has 1 unspecified atom stereocenters. The minimum absolute atomic E-state index is 0.327. The van der Waals surface area contributed by atoms with E-state index in [0.717, 1.165) is 31.6 Å². The molecule has 0 aliphatic carbocycles. The Morgan fingerprint density at radius 3 is 2.94 bits per heavy atom. The molecule has 0 radical (unpaired) electrons. The molecule has 16 heavy (non-hydrogen) atoms. The summed E-state index contributed by atoms with van der Waals surface area (Å²) in [5.74, 6) is 0.849. The van der Waals surface area contributed by atoms with Gasteiger partial charge in [-0.1, -0.05) is 6.07 Å². The maximum atomic E-state index is 10.1. The molecule has 0 bridgehead atoms. The first-order valence-corrected chi connectivity index (χ1v) is 5.72. The Hall–Kier alpha value is -1.13. The summed E-state index contributed by atoms with van der Waals surface area (Å²) in [4.78, 5) is 4.02. The molecular weight excluding hydrogens is 204 g/mol. The van der Waals surface area contributed by atoms with Gasteiger partial charge in [0.2, 0.25) is 0 Å². The quantitative estimate of drug-likeness (QED) is 0.800. The van der Waals surface area contributed by atoms with Gasteiger partial charge in [-0.3, -0.25) is 0 Å². The number of anilines is 1. The molecule has 0 aromatic carbocycles. The van der Waals surface area contributed by atoms with Crippen LogP contribution >= 0.6 is 0 Å². The van der Waals surface area contributed by atoms with Crippen molar-refractivity contribution < 1.29 is 9.84 Å². The van der Waals surface area contributed by atoms with Crippen molar-refractivity contribution in [3.63, 3.8) is 0 Å². The van der Waals surface area contributed by atoms with Gasteiger partial charge in [0, 0.05) is 25.8 Å². The molecule has 3 N–H and O–H groups in total. The SMILES string of the molecule is Nc1ncccc1CC(O)C1CCOCC1. The Bertz CT molecular complexity index is 338. The van der Waals surface area contributed by atoms with Crippen LogP contribution in [0, 0.1) is 5.92 Å². The van der Waals surface area contributed by atoms with E-state index in [-0.39, 0.29) is 6.10 Å². The summed E-state index contributed by atoms with van der Waals surface area (Å²) >= 11 is 0. The van der Waals surface area contributed by atoms with Crippen molar-refractivity contribution in [3.8, 4) is 0 Å². The van der Waals surface area contributed by atoms with E-state index < -0.39 is 0 Å². The number of hydrogen-bond acceptors (Lipinski definition) is 4. The maximum Gasteiger partial charge on any atom is 0.126 e. The van der Waals surface area contributed by atoms with Crippen LogP contribution in [0.4, 0.5) is 5.82 Å². The molecule has 1 atom stereocenters. The van der Waals surface area contributed by atoms with Gasteiger partial charge in [-0.05, 0) is 30.4 Å². The number of nitrogens with zero attached hydrogens (tertiary/aromatic N) is 1. The molecule has 88 valence electrons. The van der Waals surface area contributed by atoms with E-state index in [1.165, 1.54) is 0 Å². The van der Waals surface area contributed by atoms with Crippen LogP contribution in [0.25, 0.3) is 0 Å². The lowest BCUT2D eigenvalue weighted by Gasteiger charge is -2.26. The van der Waals surface area contributed by atoms with Crippen LogP contribution in [-0.4, -0.2) is 29.4 Å². The summed E-state index contributed by atoms with van der Waals surface area (Å²) < 4.78 is 5.28. The van der Waals surface area contributed by atoms with Gasteiger partial charge in [0.05, 0.1) is 6.10 Å². The predicted molar refractivity (Wildman–Crippen MR) is 61.9 cm³/mol. The maximum absolute atomic E-state index is 10.1. The number of aliphatic hydroxyl groups excluding tert-OH is 1. The van der Waals surface area contributed by atoms with E-state index >= 15 is 0 Å². The lowest BCUT2D eigenvalue weighted by atomic mass is 9.90. The van der Waals surface area contributed by atoms with Crippen LogP contribution in [0.2, 0.25) is 0 Å². The Morgan fingerprint density at radius 2 is 2.25 bits per heavy atom. The number of rotatable bonds is 3. The zero-order valence-corrected chi connectivity index (χ0v) is 9.30. The fourth-order valence-electron chi connectivity index (χ4n) is 2.12. The van der Waals surface area contributed by atoms with Crippen LogP contribution in [0.1, 0.15) is 18.4 Å². The molecule has 2 rings (SSSR count). The number of nitrogens with two attached hydrogens (primary N) is 1. The van der Waals surface area contributed by atoms with Crippen molar-refractivity contribution in [3.05, 3.63) is 23.9 Å². The Kier molecular flexibility index (Phi) is 3.74. The highest BCUT2D eigenvalue weighted by molar-refractivity contribution is 5.38. The predicted octanol–water partition coefficient (Wildman–Crippen LogP) is 0.994. The molecule has 1 aliphatic rings. The van der Waals surface area contributed by atoms with E-state index in [4.69, 9.17) is 10.5 Å². The fourth-order valence-corrected chi connectivity index (χ4v) is 2.12. The van der Waals surface area contributed by atoms with Gasteiger partial charge in [-0.25, -0.2) is 4.98 Å². The summed E-state index contributed by atoms with van der Waals surface area (Å²) in [6, 6.07) is 3.77. The van der Waals surface area contributed by atoms with Crippen LogP contribution in [0.15, 0.2) is 18.3 Å². The first-order chi connectivity index (χ1) is 7.77. The highest BCUT2D eigenvalue weighted by atomic mass is 16.5. The monoisotopic (exact) mass is 222 g/mol. The van der Waals surface area contributed by atoms with Gasteiger partial charge in [-0.15, -0.1) is 0 Å². The van der Waals surface area contributed by atoms with Gasteiger partial charge < -0.3 is 15.6 Å². The summed E-state index contributed by atoms with van der Waals surface area (Å²) in [5, 5.41) is 10.1. The third-order valence-electron chi connectivity index (χ3n) is 3.17. The molecule has 1 aromatic heterocycles. The average molecular weight is 222 g/mol. The van der Waals surface area contributed by atoms with Gasteiger partial charge >= 0.3 is 0 Å². The zero-order valence-electron chi connectivity index (χ0n) is 9.30. The molecule has 1 aromatic rings. The molecule has 4 heteroatoms. The Labute approximate surface area is 95.4 Å². The van der Waals surface area contributed by atoms with Crippen molar-refractivity contribution in [1.29, 1.82) is 0 Å². The second-order valence-electron chi connectivity index (χ2n) is 4.27. The number of aromatic nitrogens is 1. The molecule has 4 nitrogen and oxygen atoms in total. The Morgan fingerprint density at radius 1 is 1.50 bits per heavy atom. The van der Waals surface area contributed by atoms with E-state index in [1.807, 2.05) is 12.1 Å². The number of hydrogen-bond donors (Lipinski definition) is 2. The van der Waals surface area contributed by atoms with Gasteiger partial charge in [-0.2, -0.15) is 0 Å². The molecule has 2 heterocycles. The van der Waals surface area contributed by atoms with Crippen molar-refractivity contribution in [2.45, 2.75) is 25.4 Å². The summed E-state index contributed by atoms with van der Waals surface area (Å²) in [5.41, 5.74) is 6.68. The average Bonchev–Trinajstić information content (AvgIpc) is 2.33. The third kappa shape index (κ3) is 2.71. The largest absolute Gasteiger partial charge is 0.392 e. The van der Waals surface area contributed by atoms with Crippen LogP contribution in [0.5, 0.6) is 0 Å². The second-order valence-corrected chi connectivity index (χ2v) is 4.27. The molecule has 1 aliphatic heterocycles. The first-order valence-electron chi connectivity index (χ1n) is 5.72. The standard InChI is InChI=1S/C12H18N2O2/c13-12-10(2-1-5-14-12)8-11(15)9-3-6-16-7-4-9/h1-2,5,9,11,15H,3-4,6-8H2,(H2,13,14). The molecule has 0 amide bonds. The van der Waals surface area contributed by atoms with Gasteiger partial charge in [0.1, 0.15) is 5.82 Å². The lowest BCUT2D eigenvalue weighted by Crippen LogP contribution is -2.29. The van der Waals surface area contributed by atoms with E-state index in [9.17, 15) is 5.11 Å². The number of pyridine rings is 1. The number of aliphatic hydroxyl groups is 1. The van der Waals surface area contributed by atoms with Crippen molar-refractivity contribution in [1.82, 2.24) is 4.98 Å². The van der Waals surface area contributed by atoms with E-state index in [0.29, 0.717) is 18.2 Å². The highest BCUT2D eigenvalue weighted by Gasteiger charge is 2.22. The molecule has 0 spiro atoms. The fraction of sp³-hybridized carbons (Fsp3) is 0.583. The minimum atomic E-state index is -0.338. The lowest BCUT2D eigenvalue weighted by molar-refractivity contribution is 0.00843. The molecule has 1 fully saturated rings. The summed E-state index contributed by atoms with van der Waals surface area (Å²) in [6.07, 6.45) is 3.78. The van der Waals surface area contributed by atoms with Crippen molar-refractivity contribution in [2.24, 2.45) is 5.92 Å². The Balaban J connectivity index is 1.96. The smallest absolute Gasteiger partial charge is 0.126 e. The summed E-state index contributed by atoms with van der Waals surface area (Å²) in [6.45, 7) is 1.51. The van der Waals surface area contributed by atoms with Crippen LogP contribution < -0.4 is 5.73 Å². The first kappa shape index (κ1) is 11.4. The number of ether oxygens (including phenoxy) is 1. The van der Waals surface area contributed by atoms with Crippen molar-refractivity contribution >= 4 is 5.82 Å². The molecular formula is C12H18N2O2. The topological polar surface area (TPSA) is 68.4 Å². The van der Waals surface area contributed by atoms with Gasteiger partial charge in [0.25, 0.3) is 0 Å². The minimum Gasteiger partial charge on any atom is -0.392 e. The summed E-state index contributed by atoms with van der Waals surface area (Å²) in [7, 11) is 0. The zero-order chi connectivity index (χ0) is 11.4. The van der Waals surface area contributed by atoms with Crippen LogP contribution in [-0.2, 0) is 11.2 Å². The third-order valence-corrected chi connectivity index (χ3v) is 3.17. The number of nitrogen functional groups attached to an aromatic ring is 1. The van der Waals surface area contributed by atoms with E-state index in [1.54, 1.807) is 6.20 Å². The van der Waals surface area contributed by atoms with Gasteiger partial charge in [0.15, 0.2) is 0 Å². The highest BCUT2D eigenvalue weighted by Crippen LogP contribution is 2.22. The van der Waals surface area contributed by atoms with Crippen LogP contribution in [0.3, 0.4) is 0 Å². The molecule has 0 saturated carbocycles. The van der Waals surface area contributed by atoms with Crippen molar-refractivity contribution in [2.75, 3.05) is 18.9 Å². The molecule has 1 saturated heterocycles. The van der Waals surface area contributed by atoms with E-state index in [2.05, 4.69) is 4.98 Å². The normalized spacial score (nSPS) is 19.6. The second kappa shape index (κ2) is 5.27.